The van der Waals surface area contributed by atoms with E-state index >= 15 is 0 Å². The lowest BCUT2D eigenvalue weighted by Crippen LogP contribution is -2.56. The van der Waals surface area contributed by atoms with Gasteiger partial charge in [-0.25, -0.2) is 8.42 Å². The predicted octanol–water partition coefficient (Wildman–Crippen LogP) is 6.45. The van der Waals surface area contributed by atoms with Crippen LogP contribution in [-0.4, -0.2) is 49.9 Å². The van der Waals surface area contributed by atoms with Crippen molar-refractivity contribution in [2.75, 3.05) is 17.5 Å². The number of aryl methyl sites for hydroxylation is 2. The molecule has 4 aromatic rings. The van der Waals surface area contributed by atoms with E-state index in [0.29, 0.717) is 12.4 Å². The van der Waals surface area contributed by atoms with Crippen LogP contribution in [0.15, 0.2) is 108 Å². The molecule has 4 aromatic carbocycles. The van der Waals surface area contributed by atoms with Crippen molar-refractivity contribution in [3.8, 4) is 5.75 Å². The first-order valence-electron chi connectivity index (χ1n) is 15.8. The number of hydrogen-bond acceptors (Lipinski definition) is 5. The minimum Gasteiger partial charge on any atom is -0.492 e. The van der Waals surface area contributed by atoms with Crippen molar-refractivity contribution in [2.24, 2.45) is 0 Å². The molecule has 0 radical (unpaired) electrons. The van der Waals surface area contributed by atoms with E-state index in [9.17, 15) is 18.0 Å². The number of carbonyl (C=O) groups is 2. The summed E-state index contributed by atoms with van der Waals surface area (Å²) in [5, 5.41) is 3.06. The van der Waals surface area contributed by atoms with Crippen LogP contribution in [0.3, 0.4) is 0 Å². The van der Waals surface area contributed by atoms with E-state index < -0.39 is 34.1 Å². The average Bonchev–Trinajstić information content (AvgIpc) is 3.02. The highest BCUT2D eigenvalue weighted by molar-refractivity contribution is 7.92. The molecular formula is C38H45N3O5S. The van der Waals surface area contributed by atoms with E-state index in [2.05, 4.69) is 5.32 Å². The molecule has 4 rings (SSSR count). The second kappa shape index (κ2) is 15.3. The van der Waals surface area contributed by atoms with Gasteiger partial charge < -0.3 is 15.0 Å². The number of carbonyl (C=O) groups excluding carboxylic acids is 2. The average molecular weight is 656 g/mol. The monoisotopic (exact) mass is 655 g/mol. The van der Waals surface area contributed by atoms with Gasteiger partial charge in [0.15, 0.2) is 0 Å². The first kappa shape index (κ1) is 35.2. The zero-order valence-corrected chi connectivity index (χ0v) is 28.9. The summed E-state index contributed by atoms with van der Waals surface area (Å²) in [7, 11) is -4.25. The minimum absolute atomic E-state index is 0.0405. The van der Waals surface area contributed by atoms with Crippen molar-refractivity contribution in [3.63, 3.8) is 0 Å². The Morgan fingerprint density at radius 2 is 1.45 bits per heavy atom. The van der Waals surface area contributed by atoms with Gasteiger partial charge in [-0.15, -0.1) is 0 Å². The zero-order chi connectivity index (χ0) is 34.2. The normalized spacial score (nSPS) is 12.2. The number of nitrogens with one attached hydrogen (secondary N) is 1. The van der Waals surface area contributed by atoms with Gasteiger partial charge in [-0.3, -0.25) is 13.9 Å². The summed E-state index contributed by atoms with van der Waals surface area (Å²) in [6.45, 7) is 11.2. The molecule has 0 bridgehead atoms. The van der Waals surface area contributed by atoms with E-state index in [0.717, 1.165) is 26.6 Å². The highest BCUT2D eigenvalue weighted by Crippen LogP contribution is 2.33. The van der Waals surface area contributed by atoms with Crippen LogP contribution < -0.4 is 14.4 Å². The SMILES string of the molecule is CCOc1ccccc1N(CC(=O)N(Cc1cccc(C)c1)C(Cc1ccccc1)C(=O)NC(C)(C)C)S(=O)(=O)c1ccc(C)cc1. The molecule has 0 aliphatic rings. The van der Waals surface area contributed by atoms with Gasteiger partial charge in [0.1, 0.15) is 18.3 Å². The summed E-state index contributed by atoms with van der Waals surface area (Å²) in [6, 6.07) is 29.6. The van der Waals surface area contributed by atoms with Crippen LogP contribution >= 0.6 is 0 Å². The van der Waals surface area contributed by atoms with Gasteiger partial charge in [-0.05, 0) is 76.9 Å². The molecule has 0 aromatic heterocycles. The number of benzene rings is 4. The summed E-state index contributed by atoms with van der Waals surface area (Å²) in [6.07, 6.45) is 0.237. The topological polar surface area (TPSA) is 96.0 Å². The Bertz CT molecular complexity index is 1770. The maximum Gasteiger partial charge on any atom is 0.264 e. The molecule has 8 nitrogen and oxygen atoms in total. The molecule has 2 amide bonds. The Balaban J connectivity index is 1.85. The molecule has 1 unspecified atom stereocenters. The Morgan fingerprint density at radius 3 is 2.09 bits per heavy atom. The van der Waals surface area contributed by atoms with Crippen LogP contribution in [0.25, 0.3) is 0 Å². The van der Waals surface area contributed by atoms with Gasteiger partial charge in [0.05, 0.1) is 17.2 Å². The number of ether oxygens (including phenoxy) is 1. The van der Waals surface area contributed by atoms with Crippen LogP contribution in [0.1, 0.15) is 49.9 Å². The molecule has 0 saturated heterocycles. The molecule has 0 aliphatic carbocycles. The van der Waals surface area contributed by atoms with E-state index in [1.807, 2.05) is 96.1 Å². The van der Waals surface area contributed by atoms with E-state index in [-0.39, 0.29) is 29.5 Å². The van der Waals surface area contributed by atoms with Crippen molar-refractivity contribution < 1.29 is 22.7 Å². The van der Waals surface area contributed by atoms with Crippen LogP contribution in [0.2, 0.25) is 0 Å². The van der Waals surface area contributed by atoms with Crippen molar-refractivity contribution in [1.82, 2.24) is 10.2 Å². The second-order valence-electron chi connectivity index (χ2n) is 12.7. The first-order valence-corrected chi connectivity index (χ1v) is 17.2. The predicted molar refractivity (Wildman–Crippen MR) is 187 cm³/mol. The van der Waals surface area contributed by atoms with Crippen LogP contribution in [0.5, 0.6) is 5.75 Å². The molecule has 0 saturated carbocycles. The first-order chi connectivity index (χ1) is 22.3. The summed E-state index contributed by atoms with van der Waals surface area (Å²) < 4.78 is 35.7. The molecule has 0 spiro atoms. The fourth-order valence-electron chi connectivity index (χ4n) is 5.31. The van der Waals surface area contributed by atoms with E-state index in [4.69, 9.17) is 4.74 Å². The molecule has 9 heteroatoms. The maximum absolute atomic E-state index is 14.7. The van der Waals surface area contributed by atoms with Crippen LogP contribution in [-0.2, 0) is 32.6 Å². The van der Waals surface area contributed by atoms with Crippen LogP contribution in [0, 0.1) is 13.8 Å². The Hall–Kier alpha value is -4.63. The molecule has 47 heavy (non-hydrogen) atoms. The van der Waals surface area contributed by atoms with Crippen LogP contribution in [0.4, 0.5) is 5.69 Å². The quantitative estimate of drug-likeness (QED) is 0.179. The summed E-state index contributed by atoms with van der Waals surface area (Å²) in [5.41, 5.74) is 3.26. The van der Waals surface area contributed by atoms with Gasteiger partial charge in [-0.1, -0.05) is 90.0 Å². The second-order valence-corrected chi connectivity index (χ2v) is 14.5. The molecule has 248 valence electrons. The third-order valence-corrected chi connectivity index (χ3v) is 9.30. The van der Waals surface area contributed by atoms with Crippen molar-refractivity contribution in [1.29, 1.82) is 0 Å². The lowest BCUT2D eigenvalue weighted by molar-refractivity contribution is -0.140. The maximum atomic E-state index is 14.7. The summed E-state index contributed by atoms with van der Waals surface area (Å²) in [4.78, 5) is 30.3. The summed E-state index contributed by atoms with van der Waals surface area (Å²) >= 11 is 0. The molecule has 0 fully saturated rings. The minimum atomic E-state index is -4.25. The van der Waals surface area contributed by atoms with Gasteiger partial charge in [0.25, 0.3) is 10.0 Å². The van der Waals surface area contributed by atoms with Crippen molar-refractivity contribution in [3.05, 3.63) is 125 Å². The Kier molecular flexibility index (Phi) is 11.5. The van der Waals surface area contributed by atoms with Crippen molar-refractivity contribution in [2.45, 2.75) is 71.0 Å². The fraction of sp³-hybridized carbons (Fsp3) is 0.316. The number of amides is 2. The van der Waals surface area contributed by atoms with Gasteiger partial charge in [0.2, 0.25) is 11.8 Å². The third kappa shape index (κ3) is 9.45. The van der Waals surface area contributed by atoms with E-state index in [1.54, 1.807) is 36.4 Å². The fourth-order valence-corrected chi connectivity index (χ4v) is 6.73. The van der Waals surface area contributed by atoms with E-state index in [1.165, 1.54) is 17.0 Å². The summed E-state index contributed by atoms with van der Waals surface area (Å²) in [5.74, 6) is -0.529. The molecular weight excluding hydrogens is 611 g/mol. The van der Waals surface area contributed by atoms with Gasteiger partial charge in [-0.2, -0.15) is 0 Å². The molecule has 1 N–H and O–H groups in total. The number of para-hydroxylation sites is 2. The lowest BCUT2D eigenvalue weighted by Gasteiger charge is -2.35. The largest absolute Gasteiger partial charge is 0.492 e. The number of anilines is 1. The Morgan fingerprint density at radius 1 is 0.809 bits per heavy atom. The number of rotatable bonds is 13. The lowest BCUT2D eigenvalue weighted by atomic mass is 10.0. The Labute approximate surface area is 279 Å². The highest BCUT2D eigenvalue weighted by Gasteiger charge is 2.36. The molecule has 1 atom stereocenters. The van der Waals surface area contributed by atoms with Gasteiger partial charge >= 0.3 is 0 Å². The molecule has 0 heterocycles. The molecule has 0 aliphatic heterocycles. The zero-order valence-electron chi connectivity index (χ0n) is 28.1. The van der Waals surface area contributed by atoms with Crippen molar-refractivity contribution >= 4 is 27.5 Å². The smallest absolute Gasteiger partial charge is 0.264 e. The van der Waals surface area contributed by atoms with Gasteiger partial charge in [0, 0.05) is 18.5 Å². The number of nitrogens with zero attached hydrogens (tertiary/aromatic N) is 2. The number of hydrogen-bond donors (Lipinski definition) is 1. The number of sulfonamides is 1. The third-order valence-electron chi connectivity index (χ3n) is 7.53. The standard InChI is InChI=1S/C38H45N3O5S/c1-7-46-35-19-12-11-18-33(35)41(47(44,45)32-22-20-28(2)21-23-32)27-36(42)40(26-31-17-13-14-29(3)24-31)34(37(43)39-38(4,5)6)25-30-15-9-8-10-16-30/h8-24,34H,7,25-27H2,1-6H3,(H,39,43). The highest BCUT2D eigenvalue weighted by atomic mass is 32.2.